The molecule has 132 valence electrons. The Kier molecular flexibility index (Phi) is 4.22. The van der Waals surface area contributed by atoms with Crippen molar-refractivity contribution >= 4 is 23.6 Å². The average molecular weight is 372 g/mol. The highest BCUT2D eigenvalue weighted by Gasteiger charge is 2.39. The van der Waals surface area contributed by atoms with E-state index in [1.54, 1.807) is 22.7 Å². The summed E-state index contributed by atoms with van der Waals surface area (Å²) in [6, 6.07) is 2.69. The first-order valence-electron chi connectivity index (χ1n) is 7.87. The van der Waals surface area contributed by atoms with Crippen molar-refractivity contribution < 1.29 is 13.9 Å². The predicted octanol–water partition coefficient (Wildman–Crippen LogP) is 2.16. The molecule has 1 atom stereocenters. The number of nitriles is 1. The number of thiazole rings is 1. The number of hydrogen-bond acceptors (Lipinski definition) is 7. The molecule has 2 aliphatic heterocycles. The molecule has 2 amide bonds. The van der Waals surface area contributed by atoms with Crippen molar-refractivity contribution in [3.63, 3.8) is 0 Å². The third kappa shape index (κ3) is 3.09. The topological polar surface area (TPSA) is 94.7 Å². The Balaban J connectivity index is 1.36. The van der Waals surface area contributed by atoms with Crippen molar-refractivity contribution in [1.82, 2.24) is 19.9 Å². The van der Waals surface area contributed by atoms with Crippen LogP contribution in [0, 0.1) is 17.1 Å². The predicted molar refractivity (Wildman–Crippen MR) is 90.1 cm³/mol. The number of rotatable bonds is 3. The molecule has 0 saturated carbocycles. The van der Waals surface area contributed by atoms with E-state index in [9.17, 15) is 9.18 Å². The van der Waals surface area contributed by atoms with Crippen LogP contribution in [-0.2, 0) is 0 Å². The van der Waals surface area contributed by atoms with E-state index >= 15 is 0 Å². The fourth-order valence-corrected chi connectivity index (χ4v) is 3.47. The highest BCUT2D eigenvalue weighted by molar-refractivity contribution is 7.11. The number of hydrogen-bond donors (Lipinski definition) is 0. The first kappa shape index (κ1) is 16.4. The molecule has 8 nitrogen and oxygen atoms in total. The molecular weight excluding hydrogens is 359 g/mol. The molecule has 2 aliphatic rings. The van der Waals surface area contributed by atoms with Gasteiger partial charge in [0.1, 0.15) is 18.0 Å². The molecule has 4 heterocycles. The summed E-state index contributed by atoms with van der Waals surface area (Å²) in [4.78, 5) is 22.1. The van der Waals surface area contributed by atoms with Crippen LogP contribution in [0.25, 0.3) is 0 Å². The quantitative estimate of drug-likeness (QED) is 0.823. The summed E-state index contributed by atoms with van der Waals surface area (Å²) in [6.07, 6.45) is 4.65. The third-order valence-electron chi connectivity index (χ3n) is 4.12. The van der Waals surface area contributed by atoms with Crippen molar-refractivity contribution in [1.29, 1.82) is 5.26 Å². The summed E-state index contributed by atoms with van der Waals surface area (Å²) in [6.45, 7) is 0.806. The van der Waals surface area contributed by atoms with E-state index in [0.717, 1.165) is 6.20 Å². The molecule has 4 rings (SSSR count). The lowest BCUT2D eigenvalue weighted by atomic mass is 10.1. The van der Waals surface area contributed by atoms with Crippen LogP contribution in [0.1, 0.15) is 23.7 Å². The lowest BCUT2D eigenvalue weighted by molar-refractivity contribution is 0.0275. The Hall–Kier alpha value is -3.06. The first-order valence-corrected chi connectivity index (χ1v) is 8.75. The van der Waals surface area contributed by atoms with E-state index in [-0.39, 0.29) is 18.2 Å². The van der Waals surface area contributed by atoms with Crippen molar-refractivity contribution in [2.24, 2.45) is 5.10 Å². The van der Waals surface area contributed by atoms with Crippen molar-refractivity contribution in [3.05, 3.63) is 40.9 Å². The minimum Gasteiger partial charge on any atom is -0.463 e. The number of aromatic nitrogens is 2. The molecule has 2 aromatic rings. The molecule has 0 aliphatic carbocycles. The van der Waals surface area contributed by atoms with Gasteiger partial charge in [-0.3, -0.25) is 4.98 Å². The van der Waals surface area contributed by atoms with E-state index in [2.05, 4.69) is 15.1 Å². The van der Waals surface area contributed by atoms with E-state index in [0.29, 0.717) is 36.0 Å². The Morgan fingerprint density at radius 2 is 2.27 bits per heavy atom. The largest absolute Gasteiger partial charge is 0.463 e. The molecule has 0 radical (unpaired) electrons. The minimum absolute atomic E-state index is 0.169. The van der Waals surface area contributed by atoms with Crippen molar-refractivity contribution in [2.45, 2.75) is 18.6 Å². The highest BCUT2D eigenvalue weighted by atomic mass is 32.1. The highest BCUT2D eigenvalue weighted by Crippen LogP contribution is 2.30. The summed E-state index contributed by atoms with van der Waals surface area (Å²) in [5, 5.41) is 16.3. The monoisotopic (exact) mass is 372 g/mol. The molecule has 10 heteroatoms. The van der Waals surface area contributed by atoms with Gasteiger partial charge < -0.3 is 9.64 Å². The number of likely N-dealkylation sites (tertiary alicyclic amines) is 1. The van der Waals surface area contributed by atoms with Gasteiger partial charge in [-0.25, -0.2) is 14.2 Å². The van der Waals surface area contributed by atoms with Crippen LogP contribution in [0.2, 0.25) is 0 Å². The van der Waals surface area contributed by atoms with E-state index in [1.807, 2.05) is 6.07 Å². The zero-order valence-electron chi connectivity index (χ0n) is 13.4. The smallest absolute Gasteiger partial charge is 0.341 e. The van der Waals surface area contributed by atoms with Gasteiger partial charge in [0.05, 0.1) is 25.3 Å². The van der Waals surface area contributed by atoms with Crippen LogP contribution in [0.4, 0.5) is 9.18 Å². The number of pyridine rings is 1. The van der Waals surface area contributed by atoms with Gasteiger partial charge in [0.15, 0.2) is 5.69 Å². The minimum atomic E-state index is -0.445. The normalized spacial score (nSPS) is 19.3. The van der Waals surface area contributed by atoms with Crippen molar-refractivity contribution in [3.8, 4) is 11.3 Å². The summed E-state index contributed by atoms with van der Waals surface area (Å²) < 4.78 is 19.1. The molecule has 1 saturated heterocycles. The van der Waals surface area contributed by atoms with Gasteiger partial charge in [0, 0.05) is 24.2 Å². The second-order valence-corrected chi connectivity index (χ2v) is 6.69. The van der Waals surface area contributed by atoms with Crippen LogP contribution < -0.4 is 4.74 Å². The number of urea groups is 1. The fraction of sp³-hybridized carbons (Fsp3) is 0.312. The number of ether oxygens (including phenoxy) is 1. The summed E-state index contributed by atoms with van der Waals surface area (Å²) in [5.74, 6) is -0.445. The average Bonchev–Trinajstić information content (AvgIpc) is 3.26. The van der Waals surface area contributed by atoms with Gasteiger partial charge in [-0.2, -0.15) is 15.3 Å². The molecule has 0 bridgehead atoms. The molecule has 2 aromatic heterocycles. The zero-order valence-corrected chi connectivity index (χ0v) is 14.3. The Morgan fingerprint density at radius 1 is 1.42 bits per heavy atom. The summed E-state index contributed by atoms with van der Waals surface area (Å²) in [5.41, 5.74) is 0.922. The van der Waals surface area contributed by atoms with Crippen LogP contribution in [0.15, 0.2) is 28.9 Å². The van der Waals surface area contributed by atoms with E-state index in [4.69, 9.17) is 10.00 Å². The number of carbonyl (C=O) groups is 1. The van der Waals surface area contributed by atoms with Gasteiger partial charge in [0.2, 0.25) is 0 Å². The summed E-state index contributed by atoms with van der Waals surface area (Å²) >= 11 is 1.25. The molecule has 26 heavy (non-hydrogen) atoms. The number of carbonyl (C=O) groups excluding carboxylic acids is 1. The second-order valence-electron chi connectivity index (χ2n) is 5.87. The van der Waals surface area contributed by atoms with Gasteiger partial charge >= 0.3 is 6.03 Å². The molecule has 1 unspecified atom stereocenters. The molecule has 0 N–H and O–H groups in total. The van der Waals surface area contributed by atoms with Crippen LogP contribution in [0.5, 0.6) is 5.19 Å². The lowest BCUT2D eigenvalue weighted by Gasteiger charge is -2.40. The number of amides is 2. The maximum atomic E-state index is 13.4. The Labute approximate surface area is 152 Å². The van der Waals surface area contributed by atoms with Crippen molar-refractivity contribution in [2.75, 3.05) is 13.1 Å². The fourth-order valence-electron chi connectivity index (χ4n) is 2.80. The molecule has 0 spiro atoms. The standard InChI is InChI=1S/C16H13FN6O2S/c17-11-3-10(5-19-6-11)14-1-2-20-23(14)16(24)22-7-13(8-22)25-15-21-12(4-18)9-26-15/h2-3,5-6,9,13-14H,1,7-8H2. The van der Waals surface area contributed by atoms with Crippen LogP contribution >= 0.6 is 11.3 Å². The maximum absolute atomic E-state index is 13.4. The van der Waals surface area contributed by atoms with Gasteiger partial charge in [0.25, 0.3) is 5.19 Å². The van der Waals surface area contributed by atoms with Gasteiger partial charge in [-0.15, -0.1) is 0 Å². The zero-order chi connectivity index (χ0) is 18.1. The third-order valence-corrected chi connectivity index (χ3v) is 4.85. The number of halogens is 1. The van der Waals surface area contributed by atoms with Gasteiger partial charge in [-0.1, -0.05) is 11.3 Å². The number of nitrogens with zero attached hydrogens (tertiary/aromatic N) is 6. The second kappa shape index (κ2) is 6.68. The number of hydrazone groups is 1. The van der Waals surface area contributed by atoms with Gasteiger partial charge in [-0.05, 0) is 11.6 Å². The Morgan fingerprint density at radius 3 is 3.00 bits per heavy atom. The summed E-state index contributed by atoms with van der Waals surface area (Å²) in [7, 11) is 0. The van der Waals surface area contributed by atoms with Crippen LogP contribution in [0.3, 0.4) is 0 Å². The maximum Gasteiger partial charge on any atom is 0.341 e. The molecular formula is C16H13FN6O2S. The van der Waals surface area contributed by atoms with E-state index in [1.165, 1.54) is 22.4 Å². The first-order chi connectivity index (χ1) is 12.6. The lowest BCUT2D eigenvalue weighted by Crippen LogP contribution is -2.58. The molecule has 1 fully saturated rings. The Bertz CT molecular complexity index is 904. The van der Waals surface area contributed by atoms with Crippen LogP contribution in [-0.4, -0.2) is 51.3 Å². The van der Waals surface area contributed by atoms with E-state index < -0.39 is 5.82 Å². The molecule has 0 aromatic carbocycles. The SMILES string of the molecule is N#Cc1csc(OC2CN(C(=O)N3N=CCC3c3cncc(F)c3)C2)n1.